The van der Waals surface area contributed by atoms with E-state index in [-0.39, 0.29) is 0 Å². The summed E-state index contributed by atoms with van der Waals surface area (Å²) in [4.78, 5) is 0. The zero-order valence-corrected chi connectivity index (χ0v) is 25.6. The van der Waals surface area contributed by atoms with Crippen LogP contribution in [0.25, 0.3) is 97.0 Å². The van der Waals surface area contributed by atoms with Crippen molar-refractivity contribution in [2.75, 3.05) is 0 Å². The minimum Gasteiger partial charge on any atom is -0.455 e. The summed E-state index contributed by atoms with van der Waals surface area (Å²) in [6, 6.07) is 57.2. The molecule has 0 unspecified atom stereocenters. The van der Waals surface area contributed by atoms with Gasteiger partial charge in [-0.2, -0.15) is 0 Å². The zero-order chi connectivity index (χ0) is 30.2. The smallest absolute Gasteiger partial charge is 0.144 e. The Balaban J connectivity index is 1.23. The number of rotatable bonds is 3. The van der Waals surface area contributed by atoms with Crippen LogP contribution < -0.4 is 0 Å². The van der Waals surface area contributed by atoms with Gasteiger partial charge in [-0.1, -0.05) is 133 Å². The van der Waals surface area contributed by atoms with Gasteiger partial charge >= 0.3 is 0 Å². The van der Waals surface area contributed by atoms with E-state index < -0.39 is 0 Å². The molecule has 10 rings (SSSR count). The van der Waals surface area contributed by atoms with Gasteiger partial charge in [0.25, 0.3) is 0 Å². The van der Waals surface area contributed by atoms with E-state index in [0.29, 0.717) is 0 Å². The van der Waals surface area contributed by atoms with Crippen molar-refractivity contribution in [1.82, 2.24) is 0 Å². The van der Waals surface area contributed by atoms with Gasteiger partial charge in [0.2, 0.25) is 0 Å². The number of furan rings is 1. The lowest BCUT2D eigenvalue weighted by Gasteiger charge is -2.15. The van der Waals surface area contributed by atoms with Crippen LogP contribution in [0.15, 0.2) is 162 Å². The van der Waals surface area contributed by atoms with Crippen LogP contribution in [-0.2, 0) is 0 Å². The predicted molar refractivity (Wildman–Crippen MR) is 198 cm³/mol. The van der Waals surface area contributed by atoms with Crippen LogP contribution in [0.5, 0.6) is 0 Å². The largest absolute Gasteiger partial charge is 0.455 e. The van der Waals surface area contributed by atoms with E-state index in [1.165, 1.54) is 74.9 Å². The van der Waals surface area contributed by atoms with Crippen LogP contribution in [0.2, 0.25) is 0 Å². The summed E-state index contributed by atoms with van der Waals surface area (Å²) in [5.74, 6) is 0. The molecule has 0 atom stereocenters. The minimum absolute atomic E-state index is 0.908. The number of thiophene rings is 1. The maximum absolute atomic E-state index is 6.82. The molecule has 0 radical (unpaired) electrons. The Morgan fingerprint density at radius 2 is 0.978 bits per heavy atom. The van der Waals surface area contributed by atoms with Crippen LogP contribution >= 0.6 is 11.3 Å². The van der Waals surface area contributed by atoms with Crippen molar-refractivity contribution >= 4 is 75.0 Å². The Morgan fingerprint density at radius 3 is 1.83 bits per heavy atom. The Labute approximate surface area is 269 Å². The van der Waals surface area contributed by atoms with E-state index in [1.807, 2.05) is 11.3 Å². The van der Waals surface area contributed by atoms with Crippen molar-refractivity contribution in [1.29, 1.82) is 0 Å². The summed E-state index contributed by atoms with van der Waals surface area (Å²) in [5, 5.41) is 9.86. The van der Waals surface area contributed by atoms with Crippen LogP contribution in [0.1, 0.15) is 0 Å². The molecule has 0 spiro atoms. The first-order chi connectivity index (χ1) is 22.8. The molecule has 46 heavy (non-hydrogen) atoms. The molecule has 0 saturated heterocycles. The fourth-order valence-electron chi connectivity index (χ4n) is 7.31. The highest BCUT2D eigenvalue weighted by molar-refractivity contribution is 7.25. The van der Waals surface area contributed by atoms with Crippen LogP contribution in [-0.4, -0.2) is 0 Å². The first-order valence-corrected chi connectivity index (χ1v) is 16.5. The van der Waals surface area contributed by atoms with E-state index in [9.17, 15) is 0 Å². The van der Waals surface area contributed by atoms with Crippen molar-refractivity contribution in [2.24, 2.45) is 0 Å². The molecule has 214 valence electrons. The maximum atomic E-state index is 6.82. The number of hydrogen-bond donors (Lipinski definition) is 0. The molecule has 0 amide bonds. The highest BCUT2D eigenvalue weighted by atomic mass is 32.1. The van der Waals surface area contributed by atoms with E-state index >= 15 is 0 Å². The number of para-hydroxylation sites is 1. The second kappa shape index (κ2) is 9.90. The highest BCUT2D eigenvalue weighted by Gasteiger charge is 2.22. The van der Waals surface area contributed by atoms with Gasteiger partial charge in [0.1, 0.15) is 11.2 Å². The maximum Gasteiger partial charge on any atom is 0.144 e. The highest BCUT2D eigenvalue weighted by Crippen LogP contribution is 2.48. The molecular weight excluding hydrogens is 577 g/mol. The molecule has 0 N–H and O–H groups in total. The third kappa shape index (κ3) is 3.81. The average molecular weight is 603 g/mol. The molecule has 2 heterocycles. The lowest BCUT2D eigenvalue weighted by molar-refractivity contribution is 0.670. The summed E-state index contributed by atoms with van der Waals surface area (Å²) < 4.78 is 9.42. The molecule has 2 heteroatoms. The van der Waals surface area contributed by atoms with Crippen molar-refractivity contribution in [3.63, 3.8) is 0 Å². The van der Waals surface area contributed by atoms with E-state index in [4.69, 9.17) is 4.42 Å². The van der Waals surface area contributed by atoms with Crippen molar-refractivity contribution < 1.29 is 4.42 Å². The van der Waals surface area contributed by atoms with Gasteiger partial charge in [0.05, 0.1) is 0 Å². The first kappa shape index (κ1) is 25.6. The monoisotopic (exact) mass is 602 g/mol. The topological polar surface area (TPSA) is 13.1 Å². The molecule has 10 aromatic rings. The van der Waals surface area contributed by atoms with Gasteiger partial charge < -0.3 is 4.42 Å². The molecule has 2 aromatic heterocycles. The molecule has 0 aliphatic heterocycles. The third-order valence-electron chi connectivity index (χ3n) is 9.46. The summed E-state index contributed by atoms with van der Waals surface area (Å²) >= 11 is 1.86. The van der Waals surface area contributed by atoms with Gasteiger partial charge in [-0.05, 0) is 68.1 Å². The summed E-state index contributed by atoms with van der Waals surface area (Å²) in [6.45, 7) is 0. The number of benzene rings is 8. The van der Waals surface area contributed by atoms with Crippen LogP contribution in [0.3, 0.4) is 0 Å². The SMILES string of the molecule is c1ccc2cc(-c3ccc(-c4c5ccccc5c(-c5ccc6c(c5)sc5ccccc56)c5oc6ccccc6c45)cc3)ccc2c1. The van der Waals surface area contributed by atoms with Gasteiger partial charge in [0, 0.05) is 42.1 Å². The normalized spacial score (nSPS) is 11.9. The van der Waals surface area contributed by atoms with Gasteiger partial charge in [-0.3, -0.25) is 0 Å². The second-order valence-corrected chi connectivity index (χ2v) is 13.1. The van der Waals surface area contributed by atoms with Crippen molar-refractivity contribution in [2.45, 2.75) is 0 Å². The van der Waals surface area contributed by atoms with Crippen LogP contribution in [0.4, 0.5) is 0 Å². The predicted octanol–water partition coefficient (Wildman–Crippen LogP) is 13.3. The Hall–Kier alpha value is -5.70. The Bertz CT molecular complexity index is 2800. The molecule has 0 aliphatic rings. The second-order valence-electron chi connectivity index (χ2n) is 12.0. The standard InChI is InChI=1S/C44H26OS/c1-2-10-30-25-31(22-19-27(30)9-1)28-17-20-29(21-18-28)41-35-12-3-4-13-36(35)42(44-43(41)37-14-5-7-15-38(37)45-44)32-23-24-34-33-11-6-8-16-39(33)46-40(34)26-32/h1-26H. The molecule has 0 aliphatic carbocycles. The quantitative estimate of drug-likeness (QED) is 0.196. The molecule has 0 saturated carbocycles. The summed E-state index contributed by atoms with van der Waals surface area (Å²) in [6.07, 6.45) is 0. The lowest BCUT2D eigenvalue weighted by atomic mass is 9.87. The van der Waals surface area contributed by atoms with Crippen molar-refractivity contribution in [3.05, 3.63) is 158 Å². The van der Waals surface area contributed by atoms with Crippen molar-refractivity contribution in [3.8, 4) is 33.4 Å². The average Bonchev–Trinajstić information content (AvgIpc) is 3.68. The van der Waals surface area contributed by atoms with E-state index in [1.54, 1.807) is 0 Å². The lowest BCUT2D eigenvalue weighted by Crippen LogP contribution is -1.89. The molecule has 0 fully saturated rings. The zero-order valence-electron chi connectivity index (χ0n) is 24.8. The van der Waals surface area contributed by atoms with Gasteiger partial charge in [0.15, 0.2) is 0 Å². The van der Waals surface area contributed by atoms with Gasteiger partial charge in [-0.15, -0.1) is 11.3 Å². The van der Waals surface area contributed by atoms with E-state index in [2.05, 4.69) is 158 Å². The molecule has 0 bridgehead atoms. The molecule has 1 nitrogen and oxygen atoms in total. The summed E-state index contributed by atoms with van der Waals surface area (Å²) in [5.41, 5.74) is 9.01. The van der Waals surface area contributed by atoms with Crippen LogP contribution in [0, 0.1) is 0 Å². The Kier molecular flexibility index (Phi) is 5.51. The first-order valence-electron chi connectivity index (χ1n) is 15.7. The fraction of sp³-hybridized carbons (Fsp3) is 0. The number of hydrogen-bond acceptors (Lipinski definition) is 2. The Morgan fingerprint density at radius 1 is 0.370 bits per heavy atom. The molecule has 8 aromatic carbocycles. The summed E-state index contributed by atoms with van der Waals surface area (Å²) in [7, 11) is 0. The number of fused-ring (bicyclic) bond motifs is 8. The third-order valence-corrected chi connectivity index (χ3v) is 10.6. The fourth-order valence-corrected chi connectivity index (χ4v) is 8.46. The van der Waals surface area contributed by atoms with E-state index in [0.717, 1.165) is 22.1 Å². The van der Waals surface area contributed by atoms with Gasteiger partial charge in [-0.25, -0.2) is 0 Å². The minimum atomic E-state index is 0.908. The molecular formula is C44H26OS.